The molecule has 0 unspecified atom stereocenters. The Hall–Kier alpha value is 0.0400. The molecule has 0 aliphatic rings. The molecule has 0 aliphatic heterocycles. The Bertz CT molecular complexity index is 312. The molecule has 0 N–H and O–H groups in total. The van der Waals surface area contributed by atoms with E-state index < -0.39 is 0 Å². The molecule has 1 rings (SSSR count). The molecule has 2 nitrogen and oxygen atoms in total. The van der Waals surface area contributed by atoms with Gasteiger partial charge in [-0.15, -0.1) is 12.6 Å². The van der Waals surface area contributed by atoms with E-state index in [-0.39, 0.29) is 35.3 Å². The number of ether oxygens (including phenoxy) is 1. The molecule has 0 fully saturated rings. The fourth-order valence-electron chi connectivity index (χ4n) is 0.897. The number of carbonyl (C=O) groups is 1. The molecule has 0 aliphatic carbocycles. The van der Waals surface area contributed by atoms with E-state index in [9.17, 15) is 4.79 Å². The molecule has 0 amide bonds. The van der Waals surface area contributed by atoms with Gasteiger partial charge in [-0.3, -0.25) is 4.79 Å². The predicted octanol–water partition coefficient (Wildman–Crippen LogP) is 1.81. The maximum Gasteiger partial charge on any atom is 0.159 e. The van der Waals surface area contributed by atoms with Crippen LogP contribution in [0, 0.1) is 0 Å². The molecule has 0 spiro atoms. The van der Waals surface area contributed by atoms with E-state index in [1.54, 1.807) is 25.3 Å². The van der Waals surface area contributed by atoms with Crippen molar-refractivity contribution < 1.29 is 9.53 Å². The molecule has 0 atom stereocenters. The summed E-state index contributed by atoms with van der Waals surface area (Å²) in [4.78, 5) is 11.7. The van der Waals surface area contributed by atoms with Crippen LogP contribution >= 0.6 is 12.6 Å². The maximum atomic E-state index is 10.9. The van der Waals surface area contributed by atoms with Gasteiger partial charge in [0.1, 0.15) is 5.75 Å². The summed E-state index contributed by atoms with van der Waals surface area (Å²) in [6.45, 7) is 1.52. The van der Waals surface area contributed by atoms with E-state index >= 15 is 0 Å². The number of hydrogen-bond donors (Lipinski definition) is 1. The molecule has 1 aromatic rings. The smallest absolute Gasteiger partial charge is 0.159 e. The third-order valence-corrected chi connectivity index (χ3v) is 1.96. The largest absolute Gasteiger partial charge is 0.496 e. The Labute approximate surface area is 105 Å². The molecule has 13 heavy (non-hydrogen) atoms. The summed E-state index contributed by atoms with van der Waals surface area (Å²) < 4.78 is 5.01. The first kappa shape index (κ1) is 13.0. The second-order valence-electron chi connectivity index (χ2n) is 2.44. The third-order valence-electron chi connectivity index (χ3n) is 1.59. The molecule has 1 radical (unpaired) electrons. The van der Waals surface area contributed by atoms with Crippen LogP contribution in [0.25, 0.3) is 0 Å². The van der Waals surface area contributed by atoms with Crippen molar-refractivity contribution in [3.8, 4) is 5.75 Å². The average molecular weight is 205 g/mol. The minimum absolute atomic E-state index is 0. The summed E-state index contributed by atoms with van der Waals surface area (Å²) in [6.07, 6.45) is 0. The van der Waals surface area contributed by atoms with Crippen molar-refractivity contribution in [2.75, 3.05) is 7.11 Å². The van der Waals surface area contributed by atoms with Gasteiger partial charge in [-0.25, -0.2) is 0 Å². The van der Waals surface area contributed by atoms with Crippen molar-refractivity contribution in [1.82, 2.24) is 0 Å². The summed E-state index contributed by atoms with van der Waals surface area (Å²) in [7, 11) is 1.55. The zero-order chi connectivity index (χ0) is 9.14. The minimum atomic E-state index is 0. The van der Waals surface area contributed by atoms with Gasteiger partial charge in [-0.2, -0.15) is 0 Å². The van der Waals surface area contributed by atoms with Crippen LogP contribution in [0.15, 0.2) is 23.1 Å². The van der Waals surface area contributed by atoms with Crippen LogP contribution < -0.4 is 4.74 Å². The van der Waals surface area contributed by atoms with Crippen LogP contribution in [0.5, 0.6) is 5.75 Å². The minimum Gasteiger partial charge on any atom is -0.496 e. The molecular weight excluding hydrogens is 195 g/mol. The molecule has 0 bridgehead atoms. The van der Waals surface area contributed by atoms with Crippen LogP contribution in [0.2, 0.25) is 0 Å². The number of thiol groups is 1. The van der Waals surface area contributed by atoms with E-state index in [1.807, 2.05) is 0 Å². The van der Waals surface area contributed by atoms with Crippen molar-refractivity contribution >= 4 is 48.0 Å². The van der Waals surface area contributed by atoms with Gasteiger partial charge in [-0.1, -0.05) is 6.07 Å². The number of carbonyl (C=O) groups excluding carboxylic acids is 1. The van der Waals surface area contributed by atoms with E-state index in [2.05, 4.69) is 12.6 Å². The van der Waals surface area contributed by atoms with Crippen molar-refractivity contribution in [3.63, 3.8) is 0 Å². The Morgan fingerprint density at radius 2 is 2.08 bits per heavy atom. The summed E-state index contributed by atoms with van der Waals surface area (Å²) in [5.74, 6) is 0.660. The van der Waals surface area contributed by atoms with Crippen molar-refractivity contribution in [2.45, 2.75) is 11.8 Å². The fourth-order valence-corrected chi connectivity index (χ4v) is 1.13. The Morgan fingerprint density at radius 3 is 2.54 bits per heavy atom. The first-order chi connectivity index (χ1) is 5.65. The summed E-state index contributed by atoms with van der Waals surface area (Å²) >= 11 is 4.16. The predicted molar refractivity (Wildman–Crippen MR) is 56.0 cm³/mol. The van der Waals surface area contributed by atoms with Crippen molar-refractivity contribution in [3.05, 3.63) is 23.8 Å². The molecule has 0 aromatic heterocycles. The number of rotatable bonds is 2. The van der Waals surface area contributed by atoms with Crippen LogP contribution in [0.4, 0.5) is 0 Å². The normalized spacial score (nSPS) is 8.85. The first-order valence-electron chi connectivity index (χ1n) is 3.53. The molecule has 1 aromatic carbocycles. The van der Waals surface area contributed by atoms with Crippen LogP contribution in [0.3, 0.4) is 0 Å². The Kier molecular flexibility index (Phi) is 5.72. The van der Waals surface area contributed by atoms with Gasteiger partial charge < -0.3 is 4.74 Å². The quantitative estimate of drug-likeness (QED) is 0.452. The summed E-state index contributed by atoms with van der Waals surface area (Å²) in [6, 6.07) is 5.16. The first-order valence-corrected chi connectivity index (χ1v) is 3.98. The zero-order valence-corrected chi connectivity index (χ0v) is 10.9. The van der Waals surface area contributed by atoms with Gasteiger partial charge in [0, 0.05) is 40.0 Å². The average Bonchev–Trinajstić information content (AvgIpc) is 2.05. The standard InChI is InChI=1S/C9H10O2S.Na/c1-6(10)7-3-4-9(12)8(5-7)11-2;/h3-5,12H,1-2H3;. The summed E-state index contributed by atoms with van der Waals surface area (Å²) in [5.41, 5.74) is 0.643. The van der Waals surface area contributed by atoms with E-state index in [0.717, 1.165) is 4.90 Å². The monoisotopic (exact) mass is 205 g/mol. The SMILES string of the molecule is COc1cc(C(C)=O)ccc1S.[Na]. The van der Waals surface area contributed by atoms with Gasteiger partial charge >= 0.3 is 0 Å². The van der Waals surface area contributed by atoms with Gasteiger partial charge in [0.15, 0.2) is 5.78 Å². The fraction of sp³-hybridized carbons (Fsp3) is 0.222. The Balaban J connectivity index is 0.00000144. The number of Topliss-reactive ketones (excluding diaryl/α,β-unsaturated/α-hetero) is 1. The van der Waals surface area contributed by atoms with Crippen LogP contribution in [-0.2, 0) is 0 Å². The molecule has 4 heteroatoms. The van der Waals surface area contributed by atoms with Gasteiger partial charge in [-0.05, 0) is 19.1 Å². The topological polar surface area (TPSA) is 26.3 Å². The van der Waals surface area contributed by atoms with Gasteiger partial charge in [0.2, 0.25) is 0 Å². The molecule has 0 heterocycles. The molecular formula is C9H10NaO2S. The number of hydrogen-bond acceptors (Lipinski definition) is 3. The van der Waals surface area contributed by atoms with E-state index in [4.69, 9.17) is 4.74 Å². The van der Waals surface area contributed by atoms with Crippen molar-refractivity contribution in [2.24, 2.45) is 0 Å². The summed E-state index contributed by atoms with van der Waals surface area (Å²) in [5, 5.41) is 0. The number of methoxy groups -OCH3 is 1. The molecule has 0 saturated carbocycles. The molecule has 0 saturated heterocycles. The van der Waals surface area contributed by atoms with Crippen LogP contribution in [-0.4, -0.2) is 42.5 Å². The van der Waals surface area contributed by atoms with E-state index in [1.165, 1.54) is 6.92 Å². The molecule has 65 valence electrons. The second kappa shape index (κ2) is 5.70. The van der Waals surface area contributed by atoms with Crippen molar-refractivity contribution in [1.29, 1.82) is 0 Å². The van der Waals surface area contributed by atoms with Crippen LogP contribution in [0.1, 0.15) is 17.3 Å². The second-order valence-corrected chi connectivity index (χ2v) is 2.92. The van der Waals surface area contributed by atoms with Gasteiger partial charge in [0.25, 0.3) is 0 Å². The number of ketones is 1. The maximum absolute atomic E-state index is 10.9. The third kappa shape index (κ3) is 3.35. The zero-order valence-electron chi connectivity index (χ0n) is 8.00. The van der Waals surface area contributed by atoms with E-state index in [0.29, 0.717) is 11.3 Å². The number of benzene rings is 1. The van der Waals surface area contributed by atoms with Gasteiger partial charge in [0.05, 0.1) is 7.11 Å². The Morgan fingerprint density at radius 1 is 1.46 bits per heavy atom.